The zero-order chi connectivity index (χ0) is 17.1. The van der Waals surface area contributed by atoms with E-state index in [4.69, 9.17) is 4.52 Å². The van der Waals surface area contributed by atoms with E-state index in [1.165, 1.54) is 11.1 Å². The van der Waals surface area contributed by atoms with Crippen molar-refractivity contribution >= 4 is 11.7 Å². The summed E-state index contributed by atoms with van der Waals surface area (Å²) in [7, 11) is 0. The first-order valence-corrected chi connectivity index (χ1v) is 8.69. The Kier molecular flexibility index (Phi) is 4.88. The van der Waals surface area contributed by atoms with E-state index in [1.54, 1.807) is 0 Å². The average Bonchev–Trinajstić information content (AvgIpc) is 3.20. The highest BCUT2D eigenvalue weighted by Crippen LogP contribution is 2.32. The van der Waals surface area contributed by atoms with Crippen LogP contribution in [-0.2, 0) is 6.42 Å². The molecule has 1 fully saturated rings. The van der Waals surface area contributed by atoms with Gasteiger partial charge in [0.1, 0.15) is 11.5 Å². The molecule has 128 valence electrons. The minimum atomic E-state index is -0.0687. The zero-order valence-electron chi connectivity index (χ0n) is 14.6. The third kappa shape index (κ3) is 3.45. The van der Waals surface area contributed by atoms with Gasteiger partial charge >= 0.3 is 6.03 Å². The van der Waals surface area contributed by atoms with Crippen LogP contribution < -0.4 is 5.32 Å². The SMILES string of the molecule is CCCc1cc([C@H]2CCCN2C(=O)Nc2ccc(C)c(C)c2)no1. The first-order valence-electron chi connectivity index (χ1n) is 8.69. The van der Waals surface area contributed by atoms with Crippen molar-refractivity contribution < 1.29 is 9.32 Å². The van der Waals surface area contributed by atoms with E-state index in [0.29, 0.717) is 0 Å². The fraction of sp³-hybridized carbons (Fsp3) is 0.474. The second-order valence-electron chi connectivity index (χ2n) is 6.55. The quantitative estimate of drug-likeness (QED) is 0.892. The average molecular weight is 327 g/mol. The van der Waals surface area contributed by atoms with Gasteiger partial charge in [-0.2, -0.15) is 0 Å². The molecule has 1 atom stereocenters. The lowest BCUT2D eigenvalue weighted by Gasteiger charge is -2.23. The van der Waals surface area contributed by atoms with Crippen molar-refractivity contribution in [2.75, 3.05) is 11.9 Å². The zero-order valence-corrected chi connectivity index (χ0v) is 14.6. The van der Waals surface area contributed by atoms with Gasteiger partial charge in [0.15, 0.2) is 0 Å². The number of benzene rings is 1. The number of aryl methyl sites for hydroxylation is 3. The van der Waals surface area contributed by atoms with Crippen LogP contribution in [0.5, 0.6) is 0 Å². The van der Waals surface area contributed by atoms with Crippen LogP contribution in [0, 0.1) is 13.8 Å². The molecule has 2 aromatic rings. The molecule has 1 N–H and O–H groups in total. The summed E-state index contributed by atoms with van der Waals surface area (Å²) in [6, 6.07) is 7.91. The molecule has 24 heavy (non-hydrogen) atoms. The molecule has 1 aromatic heterocycles. The fourth-order valence-electron chi connectivity index (χ4n) is 3.18. The van der Waals surface area contributed by atoms with Gasteiger partial charge in [-0.05, 0) is 56.4 Å². The maximum atomic E-state index is 12.7. The number of aromatic nitrogens is 1. The molecule has 1 aromatic carbocycles. The Morgan fingerprint density at radius 2 is 2.17 bits per heavy atom. The van der Waals surface area contributed by atoms with Crippen LogP contribution in [0.25, 0.3) is 0 Å². The minimum Gasteiger partial charge on any atom is -0.361 e. The highest BCUT2D eigenvalue weighted by molar-refractivity contribution is 5.90. The predicted molar refractivity (Wildman–Crippen MR) is 94.1 cm³/mol. The molecule has 0 bridgehead atoms. The van der Waals surface area contributed by atoms with Crippen LogP contribution in [0.3, 0.4) is 0 Å². The van der Waals surface area contributed by atoms with Gasteiger partial charge < -0.3 is 14.7 Å². The van der Waals surface area contributed by atoms with Crippen molar-refractivity contribution in [1.29, 1.82) is 0 Å². The Bertz CT molecular complexity index is 723. The van der Waals surface area contributed by atoms with Gasteiger partial charge in [-0.1, -0.05) is 18.1 Å². The molecule has 5 heteroatoms. The Hall–Kier alpha value is -2.30. The normalized spacial score (nSPS) is 17.3. The lowest BCUT2D eigenvalue weighted by molar-refractivity contribution is 0.204. The summed E-state index contributed by atoms with van der Waals surface area (Å²) < 4.78 is 5.38. The smallest absolute Gasteiger partial charge is 0.322 e. The predicted octanol–water partition coefficient (Wildman–Crippen LogP) is 4.61. The molecule has 3 rings (SSSR count). The molecule has 0 spiro atoms. The summed E-state index contributed by atoms with van der Waals surface area (Å²) in [4.78, 5) is 14.5. The van der Waals surface area contributed by atoms with Crippen molar-refractivity contribution in [2.45, 2.75) is 52.5 Å². The maximum Gasteiger partial charge on any atom is 0.322 e. The molecule has 0 radical (unpaired) electrons. The Labute approximate surface area is 143 Å². The van der Waals surface area contributed by atoms with Gasteiger partial charge in [0.05, 0.1) is 6.04 Å². The molecule has 5 nitrogen and oxygen atoms in total. The van der Waals surface area contributed by atoms with Crippen molar-refractivity contribution in [3.8, 4) is 0 Å². The number of carbonyl (C=O) groups excluding carboxylic acids is 1. The first-order chi connectivity index (χ1) is 11.6. The summed E-state index contributed by atoms with van der Waals surface area (Å²) in [5.41, 5.74) is 4.09. The molecule has 1 saturated heterocycles. The summed E-state index contributed by atoms with van der Waals surface area (Å²) >= 11 is 0. The largest absolute Gasteiger partial charge is 0.361 e. The van der Waals surface area contributed by atoms with E-state index in [2.05, 4.69) is 24.3 Å². The van der Waals surface area contributed by atoms with E-state index in [-0.39, 0.29) is 12.1 Å². The van der Waals surface area contributed by atoms with Crippen molar-refractivity contribution in [1.82, 2.24) is 10.1 Å². The number of carbonyl (C=O) groups is 1. The van der Waals surface area contributed by atoms with E-state index in [0.717, 1.165) is 49.4 Å². The van der Waals surface area contributed by atoms with Gasteiger partial charge in [-0.15, -0.1) is 0 Å². The van der Waals surface area contributed by atoms with Crippen molar-refractivity contribution in [3.63, 3.8) is 0 Å². The number of urea groups is 1. The fourth-order valence-corrected chi connectivity index (χ4v) is 3.18. The Balaban J connectivity index is 1.71. The second-order valence-corrected chi connectivity index (χ2v) is 6.55. The lowest BCUT2D eigenvalue weighted by atomic mass is 10.1. The van der Waals surface area contributed by atoms with Crippen LogP contribution in [0.2, 0.25) is 0 Å². The number of hydrogen-bond donors (Lipinski definition) is 1. The van der Waals surface area contributed by atoms with E-state index in [1.807, 2.05) is 36.1 Å². The lowest BCUT2D eigenvalue weighted by Crippen LogP contribution is -2.34. The molecule has 2 heterocycles. The van der Waals surface area contributed by atoms with E-state index < -0.39 is 0 Å². The highest BCUT2D eigenvalue weighted by atomic mass is 16.5. The molecular formula is C19H25N3O2. The van der Waals surface area contributed by atoms with Crippen molar-refractivity contribution in [3.05, 3.63) is 46.8 Å². The Morgan fingerprint density at radius 1 is 1.33 bits per heavy atom. The van der Waals surface area contributed by atoms with E-state index >= 15 is 0 Å². The topological polar surface area (TPSA) is 58.4 Å². The summed E-state index contributed by atoms with van der Waals surface area (Å²) in [5, 5.41) is 7.20. The van der Waals surface area contributed by atoms with Crippen LogP contribution in [0.1, 0.15) is 54.8 Å². The standard InChI is InChI=1S/C19H25N3O2/c1-4-6-16-12-17(21-24-16)18-7-5-10-22(18)19(23)20-15-9-8-13(2)14(3)11-15/h8-9,11-12,18H,4-7,10H2,1-3H3,(H,20,23)/t18-/m1/s1. The summed E-state index contributed by atoms with van der Waals surface area (Å²) in [6.07, 6.45) is 3.82. The van der Waals surface area contributed by atoms with Crippen LogP contribution in [0.15, 0.2) is 28.8 Å². The third-order valence-electron chi connectivity index (χ3n) is 4.69. The molecule has 0 aliphatic carbocycles. The number of likely N-dealkylation sites (tertiary alicyclic amines) is 1. The minimum absolute atomic E-state index is 0.00546. The summed E-state index contributed by atoms with van der Waals surface area (Å²) in [5.74, 6) is 0.897. The Morgan fingerprint density at radius 3 is 2.92 bits per heavy atom. The van der Waals surface area contributed by atoms with Gasteiger partial charge in [0, 0.05) is 24.7 Å². The molecule has 1 aliphatic heterocycles. The summed E-state index contributed by atoms with van der Waals surface area (Å²) in [6.45, 7) is 6.97. The van der Waals surface area contributed by atoms with Crippen LogP contribution in [-0.4, -0.2) is 22.6 Å². The molecule has 1 aliphatic rings. The van der Waals surface area contributed by atoms with Gasteiger partial charge in [-0.25, -0.2) is 4.79 Å². The first kappa shape index (κ1) is 16.6. The van der Waals surface area contributed by atoms with Crippen LogP contribution >= 0.6 is 0 Å². The van der Waals surface area contributed by atoms with Gasteiger partial charge in [0.25, 0.3) is 0 Å². The van der Waals surface area contributed by atoms with Gasteiger partial charge in [0.2, 0.25) is 0 Å². The van der Waals surface area contributed by atoms with Crippen LogP contribution in [0.4, 0.5) is 10.5 Å². The molecule has 0 unspecified atom stereocenters. The number of hydrogen-bond acceptors (Lipinski definition) is 3. The number of nitrogens with zero attached hydrogens (tertiary/aromatic N) is 2. The number of nitrogens with one attached hydrogen (secondary N) is 1. The number of anilines is 1. The number of rotatable bonds is 4. The van der Waals surface area contributed by atoms with E-state index in [9.17, 15) is 4.79 Å². The highest BCUT2D eigenvalue weighted by Gasteiger charge is 2.32. The van der Waals surface area contributed by atoms with Crippen molar-refractivity contribution in [2.24, 2.45) is 0 Å². The third-order valence-corrected chi connectivity index (χ3v) is 4.69. The monoisotopic (exact) mass is 327 g/mol. The molecule has 2 amide bonds. The molecular weight excluding hydrogens is 302 g/mol. The maximum absolute atomic E-state index is 12.7. The molecule has 0 saturated carbocycles. The van der Waals surface area contributed by atoms with Gasteiger partial charge in [-0.3, -0.25) is 0 Å². The number of amides is 2. The second kappa shape index (κ2) is 7.07.